The Bertz CT molecular complexity index is 642. The van der Waals surface area contributed by atoms with Crippen LogP contribution in [0.4, 0.5) is 0 Å². The molecule has 2 atom stereocenters. The van der Waals surface area contributed by atoms with E-state index in [0.717, 1.165) is 29.8 Å². The van der Waals surface area contributed by atoms with Gasteiger partial charge in [-0.05, 0) is 53.1 Å². The second-order valence-electron chi connectivity index (χ2n) is 6.11. The smallest absolute Gasteiger partial charge is 0.224 e. The Morgan fingerprint density at radius 2 is 2.17 bits per heavy atom. The quantitative estimate of drug-likeness (QED) is 0.870. The van der Waals surface area contributed by atoms with Crippen molar-refractivity contribution in [3.63, 3.8) is 0 Å². The van der Waals surface area contributed by atoms with Crippen LogP contribution in [-0.4, -0.2) is 43.2 Å². The van der Waals surface area contributed by atoms with Crippen LogP contribution < -0.4 is 5.32 Å². The maximum Gasteiger partial charge on any atom is 0.224 e. The topological polar surface area (TPSA) is 72.7 Å². The first-order chi connectivity index (χ1) is 11.7. The SMILES string of the molecule is CCS[C@H]1CCC[C@@H](NC(=O)Cc2ccc(-n3cnnn3)cc2)C1. The molecule has 0 unspecified atom stereocenters. The minimum atomic E-state index is 0.109. The number of benzene rings is 1. The number of tetrazole rings is 1. The van der Waals surface area contributed by atoms with E-state index in [1.165, 1.54) is 12.8 Å². The number of hydrogen-bond donors (Lipinski definition) is 1. The number of hydrogen-bond acceptors (Lipinski definition) is 5. The summed E-state index contributed by atoms with van der Waals surface area (Å²) in [5, 5.41) is 15.0. The third-order valence-corrected chi connectivity index (χ3v) is 5.54. The molecule has 1 aromatic carbocycles. The van der Waals surface area contributed by atoms with Gasteiger partial charge in [0.2, 0.25) is 5.91 Å². The average molecular weight is 345 g/mol. The van der Waals surface area contributed by atoms with Gasteiger partial charge in [-0.2, -0.15) is 11.8 Å². The number of thioether (sulfide) groups is 1. The minimum Gasteiger partial charge on any atom is -0.353 e. The first kappa shape index (κ1) is 17.0. The van der Waals surface area contributed by atoms with Crippen LogP contribution in [0.3, 0.4) is 0 Å². The van der Waals surface area contributed by atoms with E-state index < -0.39 is 0 Å². The molecule has 1 saturated carbocycles. The molecule has 1 fully saturated rings. The molecule has 0 bridgehead atoms. The highest BCUT2D eigenvalue weighted by molar-refractivity contribution is 7.99. The number of rotatable bonds is 6. The van der Waals surface area contributed by atoms with E-state index in [1.54, 1.807) is 11.0 Å². The molecule has 0 aliphatic heterocycles. The third-order valence-electron chi connectivity index (χ3n) is 4.31. The van der Waals surface area contributed by atoms with Crippen LogP contribution in [0, 0.1) is 0 Å². The Balaban J connectivity index is 1.51. The maximum absolute atomic E-state index is 12.3. The van der Waals surface area contributed by atoms with Crippen LogP contribution in [0.15, 0.2) is 30.6 Å². The Labute approximate surface area is 146 Å². The summed E-state index contributed by atoms with van der Waals surface area (Å²) < 4.78 is 1.59. The molecule has 1 aliphatic rings. The fourth-order valence-corrected chi connectivity index (χ4v) is 4.35. The first-order valence-electron chi connectivity index (χ1n) is 8.48. The Hall–Kier alpha value is -1.89. The van der Waals surface area contributed by atoms with Crippen molar-refractivity contribution in [2.45, 2.75) is 50.3 Å². The highest BCUT2D eigenvalue weighted by Gasteiger charge is 2.23. The van der Waals surface area contributed by atoms with E-state index in [0.29, 0.717) is 17.7 Å². The van der Waals surface area contributed by atoms with Gasteiger partial charge in [-0.15, -0.1) is 5.10 Å². The van der Waals surface area contributed by atoms with E-state index in [9.17, 15) is 4.79 Å². The number of amides is 1. The Kier molecular flexibility index (Phi) is 5.85. The molecule has 0 radical (unpaired) electrons. The molecule has 2 aromatic rings. The maximum atomic E-state index is 12.3. The average Bonchev–Trinajstić information content (AvgIpc) is 3.10. The molecule has 7 heteroatoms. The van der Waals surface area contributed by atoms with E-state index in [4.69, 9.17) is 0 Å². The molecule has 6 nitrogen and oxygen atoms in total. The molecule has 128 valence electrons. The van der Waals surface area contributed by atoms with Crippen LogP contribution in [0.2, 0.25) is 0 Å². The van der Waals surface area contributed by atoms with Crippen molar-refractivity contribution in [1.82, 2.24) is 25.5 Å². The predicted molar refractivity (Wildman–Crippen MR) is 95.2 cm³/mol. The normalized spacial score (nSPS) is 20.7. The van der Waals surface area contributed by atoms with Gasteiger partial charge in [0.25, 0.3) is 0 Å². The van der Waals surface area contributed by atoms with Gasteiger partial charge in [-0.25, -0.2) is 4.68 Å². The summed E-state index contributed by atoms with van der Waals surface area (Å²) in [6.07, 6.45) is 6.66. The summed E-state index contributed by atoms with van der Waals surface area (Å²) in [5.74, 6) is 1.26. The summed E-state index contributed by atoms with van der Waals surface area (Å²) in [6.45, 7) is 2.20. The highest BCUT2D eigenvalue weighted by atomic mass is 32.2. The summed E-state index contributed by atoms with van der Waals surface area (Å²) in [7, 11) is 0. The van der Waals surface area contributed by atoms with Gasteiger partial charge in [0, 0.05) is 11.3 Å². The molecule has 3 rings (SSSR count). The van der Waals surface area contributed by atoms with Crippen molar-refractivity contribution in [2.75, 3.05) is 5.75 Å². The Morgan fingerprint density at radius 3 is 2.88 bits per heavy atom. The van der Waals surface area contributed by atoms with Gasteiger partial charge in [0.15, 0.2) is 0 Å². The lowest BCUT2D eigenvalue weighted by Gasteiger charge is -2.29. The molecule has 1 aliphatic carbocycles. The van der Waals surface area contributed by atoms with Gasteiger partial charge in [-0.3, -0.25) is 4.79 Å². The van der Waals surface area contributed by atoms with Crippen molar-refractivity contribution < 1.29 is 4.79 Å². The molecular weight excluding hydrogens is 322 g/mol. The van der Waals surface area contributed by atoms with Crippen molar-refractivity contribution in [2.24, 2.45) is 0 Å². The molecular formula is C17H23N5OS. The van der Waals surface area contributed by atoms with Crippen molar-refractivity contribution in [1.29, 1.82) is 0 Å². The van der Waals surface area contributed by atoms with Crippen LogP contribution >= 0.6 is 11.8 Å². The van der Waals surface area contributed by atoms with Crippen LogP contribution in [0.25, 0.3) is 5.69 Å². The van der Waals surface area contributed by atoms with Gasteiger partial charge in [-0.1, -0.05) is 25.5 Å². The lowest BCUT2D eigenvalue weighted by Crippen LogP contribution is -2.39. The molecule has 1 N–H and O–H groups in total. The summed E-state index contributed by atoms with van der Waals surface area (Å²) >= 11 is 2.02. The van der Waals surface area contributed by atoms with E-state index in [-0.39, 0.29) is 5.91 Å². The van der Waals surface area contributed by atoms with Gasteiger partial charge in [0.1, 0.15) is 6.33 Å². The van der Waals surface area contributed by atoms with Crippen molar-refractivity contribution in [3.8, 4) is 5.69 Å². The molecule has 1 heterocycles. The number of carbonyl (C=O) groups is 1. The molecule has 1 amide bonds. The van der Waals surface area contributed by atoms with E-state index in [2.05, 4.69) is 27.8 Å². The summed E-state index contributed by atoms with van der Waals surface area (Å²) in [6, 6.07) is 8.08. The van der Waals surface area contributed by atoms with E-state index >= 15 is 0 Å². The standard InChI is InChI=1S/C17H23N5OS/c1-2-24-16-5-3-4-14(11-16)19-17(23)10-13-6-8-15(9-7-13)22-12-18-20-21-22/h6-9,12,14,16H,2-5,10-11H2,1H3,(H,19,23)/t14-,16+/m1/s1. The molecule has 24 heavy (non-hydrogen) atoms. The largest absolute Gasteiger partial charge is 0.353 e. The second kappa shape index (κ2) is 8.28. The third kappa shape index (κ3) is 4.56. The van der Waals surface area contributed by atoms with Gasteiger partial charge < -0.3 is 5.32 Å². The zero-order chi connectivity index (χ0) is 16.8. The van der Waals surface area contributed by atoms with Crippen LogP contribution in [0.1, 0.15) is 38.2 Å². The van der Waals surface area contributed by atoms with Crippen molar-refractivity contribution in [3.05, 3.63) is 36.2 Å². The number of carbonyl (C=O) groups excluding carboxylic acids is 1. The second-order valence-corrected chi connectivity index (χ2v) is 7.68. The zero-order valence-corrected chi connectivity index (χ0v) is 14.7. The van der Waals surface area contributed by atoms with Gasteiger partial charge >= 0.3 is 0 Å². The first-order valence-corrected chi connectivity index (χ1v) is 9.52. The summed E-state index contributed by atoms with van der Waals surface area (Å²) in [5.41, 5.74) is 1.88. The number of nitrogens with one attached hydrogen (secondary N) is 1. The lowest BCUT2D eigenvalue weighted by molar-refractivity contribution is -0.121. The van der Waals surface area contributed by atoms with Crippen molar-refractivity contribution >= 4 is 17.7 Å². The number of nitrogens with zero attached hydrogens (tertiary/aromatic N) is 4. The van der Waals surface area contributed by atoms with E-state index in [1.807, 2.05) is 36.0 Å². The highest BCUT2D eigenvalue weighted by Crippen LogP contribution is 2.28. The Morgan fingerprint density at radius 1 is 1.33 bits per heavy atom. The molecule has 1 aromatic heterocycles. The fourth-order valence-electron chi connectivity index (χ4n) is 3.17. The molecule has 0 saturated heterocycles. The number of aromatic nitrogens is 4. The van der Waals surface area contributed by atoms with Crippen LogP contribution in [0.5, 0.6) is 0 Å². The van der Waals surface area contributed by atoms with Crippen LogP contribution in [-0.2, 0) is 11.2 Å². The monoisotopic (exact) mass is 345 g/mol. The fraction of sp³-hybridized carbons (Fsp3) is 0.529. The summed E-state index contributed by atoms with van der Waals surface area (Å²) in [4.78, 5) is 12.3. The predicted octanol–water partition coefficient (Wildman–Crippen LogP) is 2.39. The lowest BCUT2D eigenvalue weighted by atomic mass is 9.94. The molecule has 0 spiro atoms. The van der Waals surface area contributed by atoms with Gasteiger partial charge in [0.05, 0.1) is 12.1 Å². The minimum absolute atomic E-state index is 0.109. The zero-order valence-electron chi connectivity index (χ0n) is 13.9.